The standard InChI is InChI=1S/C12H18O4/c1-8(13)10-5-9(7-14-2)11(15-3)6-12(10)16-4/h5-6,8,13H,7H2,1-4H3. The van der Waals surface area contributed by atoms with Gasteiger partial charge in [0.05, 0.1) is 26.9 Å². The average Bonchev–Trinajstić information content (AvgIpc) is 2.28. The summed E-state index contributed by atoms with van der Waals surface area (Å²) in [6.45, 7) is 2.13. The van der Waals surface area contributed by atoms with Crippen molar-refractivity contribution < 1.29 is 19.3 Å². The van der Waals surface area contributed by atoms with E-state index in [1.165, 1.54) is 0 Å². The number of hydrogen-bond donors (Lipinski definition) is 1. The molecule has 1 aromatic carbocycles. The quantitative estimate of drug-likeness (QED) is 0.833. The van der Waals surface area contributed by atoms with Gasteiger partial charge in [-0.25, -0.2) is 0 Å². The largest absolute Gasteiger partial charge is 0.496 e. The molecule has 1 atom stereocenters. The van der Waals surface area contributed by atoms with Crippen LogP contribution < -0.4 is 9.47 Å². The van der Waals surface area contributed by atoms with Gasteiger partial charge in [-0.2, -0.15) is 0 Å². The number of methoxy groups -OCH3 is 3. The van der Waals surface area contributed by atoms with Crippen molar-refractivity contribution >= 4 is 0 Å². The minimum atomic E-state index is -0.587. The molecule has 90 valence electrons. The van der Waals surface area contributed by atoms with Gasteiger partial charge < -0.3 is 19.3 Å². The van der Waals surface area contributed by atoms with Gasteiger partial charge in [0.15, 0.2) is 0 Å². The first-order chi connectivity index (χ1) is 7.63. The van der Waals surface area contributed by atoms with E-state index in [4.69, 9.17) is 14.2 Å². The number of rotatable bonds is 5. The van der Waals surface area contributed by atoms with Gasteiger partial charge in [0.1, 0.15) is 11.5 Å². The zero-order valence-corrected chi connectivity index (χ0v) is 10.1. The summed E-state index contributed by atoms with van der Waals surface area (Å²) in [5.74, 6) is 1.31. The van der Waals surface area contributed by atoms with E-state index in [2.05, 4.69) is 0 Å². The highest BCUT2D eigenvalue weighted by Gasteiger charge is 2.14. The first-order valence-electron chi connectivity index (χ1n) is 5.05. The Morgan fingerprint density at radius 3 is 2.19 bits per heavy atom. The van der Waals surface area contributed by atoms with Crippen LogP contribution in [0.4, 0.5) is 0 Å². The Hall–Kier alpha value is -1.26. The number of aliphatic hydroxyl groups is 1. The summed E-state index contributed by atoms with van der Waals surface area (Å²) in [5, 5.41) is 9.63. The molecule has 4 heteroatoms. The van der Waals surface area contributed by atoms with E-state index >= 15 is 0 Å². The molecule has 0 aliphatic heterocycles. The van der Waals surface area contributed by atoms with E-state index in [1.54, 1.807) is 34.3 Å². The predicted octanol–water partition coefficient (Wildman–Crippen LogP) is 1.90. The third-order valence-electron chi connectivity index (χ3n) is 2.38. The second-order valence-corrected chi connectivity index (χ2v) is 3.51. The molecule has 0 aliphatic rings. The average molecular weight is 226 g/mol. The van der Waals surface area contributed by atoms with Crippen LogP contribution in [0.2, 0.25) is 0 Å². The molecule has 4 nitrogen and oxygen atoms in total. The maximum absolute atomic E-state index is 9.63. The monoisotopic (exact) mass is 226 g/mol. The van der Waals surface area contributed by atoms with Crippen LogP contribution in [0.5, 0.6) is 11.5 Å². The molecule has 1 unspecified atom stereocenters. The molecule has 1 aromatic rings. The molecule has 0 aromatic heterocycles. The summed E-state index contributed by atoms with van der Waals surface area (Å²) in [7, 11) is 4.78. The molecule has 1 rings (SSSR count). The van der Waals surface area contributed by atoms with Crippen molar-refractivity contribution in [2.75, 3.05) is 21.3 Å². The highest BCUT2D eigenvalue weighted by molar-refractivity contribution is 5.47. The first kappa shape index (κ1) is 12.8. The molecule has 0 bridgehead atoms. The fourth-order valence-corrected chi connectivity index (χ4v) is 1.59. The Morgan fingerprint density at radius 1 is 1.12 bits per heavy atom. The zero-order valence-electron chi connectivity index (χ0n) is 10.1. The Kier molecular flexibility index (Phi) is 4.58. The lowest BCUT2D eigenvalue weighted by Crippen LogP contribution is -2.01. The molecule has 16 heavy (non-hydrogen) atoms. The van der Waals surface area contributed by atoms with Gasteiger partial charge >= 0.3 is 0 Å². The molecular weight excluding hydrogens is 208 g/mol. The summed E-state index contributed by atoms with van der Waals surface area (Å²) in [6.07, 6.45) is -0.587. The van der Waals surface area contributed by atoms with Gasteiger partial charge in [-0.1, -0.05) is 0 Å². The van der Waals surface area contributed by atoms with E-state index in [0.29, 0.717) is 18.1 Å². The van der Waals surface area contributed by atoms with Crippen LogP contribution in [-0.2, 0) is 11.3 Å². The van der Waals surface area contributed by atoms with Crippen LogP contribution in [0.1, 0.15) is 24.2 Å². The smallest absolute Gasteiger partial charge is 0.128 e. The Balaban J connectivity index is 3.23. The van der Waals surface area contributed by atoms with Gasteiger partial charge in [0.2, 0.25) is 0 Å². The summed E-state index contributed by atoms with van der Waals surface area (Å²) >= 11 is 0. The van der Waals surface area contributed by atoms with E-state index in [0.717, 1.165) is 11.1 Å². The minimum absolute atomic E-state index is 0.437. The fraction of sp³-hybridized carbons (Fsp3) is 0.500. The van der Waals surface area contributed by atoms with Crippen molar-refractivity contribution in [2.45, 2.75) is 19.6 Å². The number of benzene rings is 1. The summed E-state index contributed by atoms with van der Waals surface area (Å²) in [4.78, 5) is 0. The molecular formula is C12H18O4. The van der Waals surface area contributed by atoms with Crippen molar-refractivity contribution in [1.82, 2.24) is 0 Å². The van der Waals surface area contributed by atoms with Crippen LogP contribution in [0.3, 0.4) is 0 Å². The number of ether oxygens (including phenoxy) is 3. The second kappa shape index (κ2) is 5.72. The Bertz CT molecular complexity index is 347. The highest BCUT2D eigenvalue weighted by Crippen LogP contribution is 2.33. The van der Waals surface area contributed by atoms with E-state index in [-0.39, 0.29) is 0 Å². The number of aliphatic hydroxyl groups excluding tert-OH is 1. The van der Waals surface area contributed by atoms with Gasteiger partial charge in [-0.3, -0.25) is 0 Å². The molecule has 0 saturated carbocycles. The second-order valence-electron chi connectivity index (χ2n) is 3.51. The van der Waals surface area contributed by atoms with Gasteiger partial charge in [0, 0.05) is 24.3 Å². The Labute approximate surface area is 95.8 Å². The van der Waals surface area contributed by atoms with Gasteiger partial charge in [-0.15, -0.1) is 0 Å². The van der Waals surface area contributed by atoms with E-state index in [1.807, 2.05) is 6.07 Å². The maximum Gasteiger partial charge on any atom is 0.128 e. The maximum atomic E-state index is 9.63. The minimum Gasteiger partial charge on any atom is -0.496 e. The van der Waals surface area contributed by atoms with Crippen molar-refractivity contribution in [2.24, 2.45) is 0 Å². The third-order valence-corrected chi connectivity index (χ3v) is 2.38. The van der Waals surface area contributed by atoms with Crippen LogP contribution in [-0.4, -0.2) is 26.4 Å². The summed E-state index contributed by atoms with van der Waals surface area (Å²) in [5.41, 5.74) is 1.62. The topological polar surface area (TPSA) is 47.9 Å². The van der Waals surface area contributed by atoms with Crippen molar-refractivity contribution in [1.29, 1.82) is 0 Å². The lowest BCUT2D eigenvalue weighted by Gasteiger charge is -2.16. The normalized spacial score (nSPS) is 12.3. The summed E-state index contributed by atoms with van der Waals surface area (Å²) < 4.78 is 15.5. The summed E-state index contributed by atoms with van der Waals surface area (Å²) in [6, 6.07) is 3.60. The van der Waals surface area contributed by atoms with Crippen LogP contribution in [0.25, 0.3) is 0 Å². The molecule has 0 radical (unpaired) electrons. The zero-order chi connectivity index (χ0) is 12.1. The molecule has 0 heterocycles. The van der Waals surface area contributed by atoms with E-state index in [9.17, 15) is 5.11 Å². The lowest BCUT2D eigenvalue weighted by atomic mass is 10.0. The fourth-order valence-electron chi connectivity index (χ4n) is 1.59. The lowest BCUT2D eigenvalue weighted by molar-refractivity contribution is 0.178. The molecule has 0 spiro atoms. The Morgan fingerprint density at radius 2 is 1.75 bits per heavy atom. The SMILES string of the molecule is COCc1cc(C(C)O)c(OC)cc1OC. The molecule has 0 aliphatic carbocycles. The molecule has 0 amide bonds. The van der Waals surface area contributed by atoms with Gasteiger partial charge in [-0.05, 0) is 13.0 Å². The third kappa shape index (κ3) is 2.65. The van der Waals surface area contributed by atoms with Crippen LogP contribution >= 0.6 is 0 Å². The van der Waals surface area contributed by atoms with Crippen molar-refractivity contribution in [3.05, 3.63) is 23.3 Å². The highest BCUT2D eigenvalue weighted by atomic mass is 16.5. The first-order valence-corrected chi connectivity index (χ1v) is 5.05. The van der Waals surface area contributed by atoms with Crippen molar-refractivity contribution in [3.63, 3.8) is 0 Å². The van der Waals surface area contributed by atoms with Gasteiger partial charge in [0.25, 0.3) is 0 Å². The van der Waals surface area contributed by atoms with Crippen LogP contribution in [0, 0.1) is 0 Å². The van der Waals surface area contributed by atoms with E-state index < -0.39 is 6.10 Å². The van der Waals surface area contributed by atoms with Crippen molar-refractivity contribution in [3.8, 4) is 11.5 Å². The molecule has 0 fully saturated rings. The predicted molar refractivity (Wildman–Crippen MR) is 60.9 cm³/mol. The van der Waals surface area contributed by atoms with Crippen LogP contribution in [0.15, 0.2) is 12.1 Å². The number of hydrogen-bond acceptors (Lipinski definition) is 4. The molecule has 1 N–H and O–H groups in total. The molecule has 0 saturated heterocycles.